The fourth-order valence-corrected chi connectivity index (χ4v) is 2.84. The minimum absolute atomic E-state index is 0.0744. The van der Waals surface area contributed by atoms with E-state index in [2.05, 4.69) is 13.8 Å². The second kappa shape index (κ2) is 6.57. The largest absolute Gasteiger partial charge is 0.478 e. The van der Waals surface area contributed by atoms with Crippen LogP contribution in [0.3, 0.4) is 0 Å². The zero-order chi connectivity index (χ0) is 13.6. The molecule has 1 unspecified atom stereocenters. The summed E-state index contributed by atoms with van der Waals surface area (Å²) < 4.78 is 5.45. The second-order valence-corrected chi connectivity index (χ2v) is 4.91. The Bertz CT molecular complexity index is 329. The summed E-state index contributed by atoms with van der Waals surface area (Å²) in [4.78, 5) is 21.9. The molecule has 1 saturated carbocycles. The monoisotopic (exact) mass is 254 g/mol. The van der Waals surface area contributed by atoms with Crippen LogP contribution < -0.4 is 0 Å². The van der Waals surface area contributed by atoms with Crippen LogP contribution in [0.1, 0.15) is 52.4 Å². The summed E-state index contributed by atoms with van der Waals surface area (Å²) in [7, 11) is 0. The maximum Gasteiger partial charge on any atom is 0.331 e. The van der Waals surface area contributed by atoms with Crippen molar-refractivity contribution in [2.45, 2.75) is 58.5 Å². The summed E-state index contributed by atoms with van der Waals surface area (Å²) in [5.74, 6) is -1.68. The lowest BCUT2D eigenvalue weighted by Gasteiger charge is -2.42. The number of carbonyl (C=O) groups excluding carboxylic acids is 1. The van der Waals surface area contributed by atoms with Crippen LogP contribution in [0.4, 0.5) is 0 Å². The van der Waals surface area contributed by atoms with Crippen LogP contribution in [-0.2, 0) is 14.3 Å². The van der Waals surface area contributed by atoms with Crippen LogP contribution >= 0.6 is 0 Å². The van der Waals surface area contributed by atoms with Crippen LogP contribution in [0.2, 0.25) is 0 Å². The molecule has 1 fully saturated rings. The zero-order valence-corrected chi connectivity index (χ0v) is 11.1. The number of ether oxygens (including phenoxy) is 1. The van der Waals surface area contributed by atoms with Gasteiger partial charge in [0.15, 0.2) is 0 Å². The summed E-state index contributed by atoms with van der Waals surface area (Å²) in [6.07, 6.45) is 7.94. The quantitative estimate of drug-likeness (QED) is 0.605. The molecule has 0 saturated heterocycles. The van der Waals surface area contributed by atoms with Crippen molar-refractivity contribution >= 4 is 11.9 Å². The van der Waals surface area contributed by atoms with Gasteiger partial charge in [0.05, 0.1) is 0 Å². The summed E-state index contributed by atoms with van der Waals surface area (Å²) in [6.45, 7) is 4.26. The molecule has 1 aliphatic carbocycles. The smallest absolute Gasteiger partial charge is 0.331 e. The molecule has 0 spiro atoms. The predicted octanol–water partition coefficient (Wildman–Crippen LogP) is 2.92. The molecular formula is C14H22O4. The number of rotatable bonds is 5. The average Bonchev–Trinajstić information content (AvgIpc) is 2.37. The molecule has 0 aromatic carbocycles. The van der Waals surface area contributed by atoms with Crippen LogP contribution in [0.5, 0.6) is 0 Å². The predicted molar refractivity (Wildman–Crippen MR) is 68.1 cm³/mol. The van der Waals surface area contributed by atoms with Crippen molar-refractivity contribution in [3.8, 4) is 0 Å². The normalized spacial score (nSPS) is 22.9. The highest BCUT2D eigenvalue weighted by molar-refractivity contribution is 5.90. The SMILES string of the molecule is CCC1(CC)CCCCC1OC(=O)C=CC(=O)O. The van der Waals surface area contributed by atoms with Crippen LogP contribution in [0, 0.1) is 5.41 Å². The van der Waals surface area contributed by atoms with E-state index in [1.807, 2.05) is 0 Å². The fourth-order valence-electron chi connectivity index (χ4n) is 2.84. The molecule has 0 amide bonds. The van der Waals surface area contributed by atoms with E-state index in [0.717, 1.165) is 44.3 Å². The number of hydrogen-bond donors (Lipinski definition) is 1. The van der Waals surface area contributed by atoms with Gasteiger partial charge in [-0.1, -0.05) is 20.3 Å². The molecule has 0 bridgehead atoms. The van der Waals surface area contributed by atoms with Gasteiger partial charge in [0, 0.05) is 17.6 Å². The molecule has 1 atom stereocenters. The third kappa shape index (κ3) is 3.59. The van der Waals surface area contributed by atoms with E-state index in [1.54, 1.807) is 0 Å². The lowest BCUT2D eigenvalue weighted by molar-refractivity contribution is -0.154. The van der Waals surface area contributed by atoms with Gasteiger partial charge < -0.3 is 9.84 Å². The van der Waals surface area contributed by atoms with Gasteiger partial charge in [0.1, 0.15) is 6.10 Å². The van der Waals surface area contributed by atoms with Crippen LogP contribution in [0.25, 0.3) is 0 Å². The molecule has 102 valence electrons. The Labute approximate surface area is 108 Å². The topological polar surface area (TPSA) is 63.6 Å². The van der Waals surface area contributed by atoms with Crippen molar-refractivity contribution in [3.05, 3.63) is 12.2 Å². The Balaban J connectivity index is 2.68. The second-order valence-electron chi connectivity index (χ2n) is 4.91. The fraction of sp³-hybridized carbons (Fsp3) is 0.714. The molecule has 0 aliphatic heterocycles. The number of esters is 1. The first-order valence-electron chi connectivity index (χ1n) is 6.65. The number of hydrogen-bond acceptors (Lipinski definition) is 3. The Morgan fingerprint density at radius 2 is 1.94 bits per heavy atom. The van der Waals surface area contributed by atoms with E-state index in [-0.39, 0.29) is 11.5 Å². The first kappa shape index (κ1) is 14.7. The molecule has 1 N–H and O–H groups in total. The molecule has 0 aromatic heterocycles. The van der Waals surface area contributed by atoms with Gasteiger partial charge >= 0.3 is 11.9 Å². The van der Waals surface area contributed by atoms with E-state index in [4.69, 9.17) is 9.84 Å². The van der Waals surface area contributed by atoms with Gasteiger partial charge in [0.2, 0.25) is 0 Å². The van der Waals surface area contributed by atoms with Gasteiger partial charge in [-0.25, -0.2) is 9.59 Å². The van der Waals surface area contributed by atoms with Gasteiger partial charge in [-0.05, 0) is 32.1 Å². The highest BCUT2D eigenvalue weighted by Crippen LogP contribution is 2.43. The Morgan fingerprint density at radius 3 is 2.50 bits per heavy atom. The Morgan fingerprint density at radius 1 is 1.28 bits per heavy atom. The maximum atomic E-state index is 11.6. The molecule has 0 radical (unpaired) electrons. The van der Waals surface area contributed by atoms with Crippen molar-refractivity contribution in [2.24, 2.45) is 5.41 Å². The molecule has 4 nitrogen and oxygen atoms in total. The summed E-state index contributed by atoms with van der Waals surface area (Å²) in [5.41, 5.74) is 0.0744. The molecule has 1 rings (SSSR count). The summed E-state index contributed by atoms with van der Waals surface area (Å²) in [6, 6.07) is 0. The van der Waals surface area contributed by atoms with E-state index < -0.39 is 11.9 Å². The highest BCUT2D eigenvalue weighted by Gasteiger charge is 2.39. The van der Waals surface area contributed by atoms with Crippen LogP contribution in [0.15, 0.2) is 12.2 Å². The lowest BCUT2D eigenvalue weighted by atomic mass is 9.68. The van der Waals surface area contributed by atoms with Crippen molar-refractivity contribution < 1.29 is 19.4 Å². The molecule has 18 heavy (non-hydrogen) atoms. The summed E-state index contributed by atoms with van der Waals surface area (Å²) >= 11 is 0. The van der Waals surface area contributed by atoms with Crippen LogP contribution in [-0.4, -0.2) is 23.1 Å². The maximum absolute atomic E-state index is 11.6. The van der Waals surface area contributed by atoms with Crippen molar-refractivity contribution in [1.82, 2.24) is 0 Å². The minimum atomic E-state index is -1.13. The molecular weight excluding hydrogens is 232 g/mol. The van der Waals surface area contributed by atoms with E-state index in [1.165, 1.54) is 6.42 Å². The minimum Gasteiger partial charge on any atom is -0.478 e. The van der Waals surface area contributed by atoms with Gasteiger partial charge in [-0.2, -0.15) is 0 Å². The summed E-state index contributed by atoms with van der Waals surface area (Å²) in [5, 5.41) is 8.47. The van der Waals surface area contributed by atoms with E-state index in [9.17, 15) is 9.59 Å². The Kier molecular flexibility index (Phi) is 5.38. The number of aliphatic carboxylic acids is 1. The lowest BCUT2D eigenvalue weighted by Crippen LogP contribution is -2.40. The Hall–Kier alpha value is -1.32. The molecule has 0 heterocycles. The van der Waals surface area contributed by atoms with Crippen molar-refractivity contribution in [3.63, 3.8) is 0 Å². The number of carbonyl (C=O) groups is 2. The molecule has 4 heteroatoms. The zero-order valence-electron chi connectivity index (χ0n) is 11.1. The number of carboxylic acid groups (broad SMARTS) is 1. The highest BCUT2D eigenvalue weighted by atomic mass is 16.5. The molecule has 0 aromatic rings. The van der Waals surface area contributed by atoms with E-state index in [0.29, 0.717) is 0 Å². The van der Waals surface area contributed by atoms with Crippen molar-refractivity contribution in [2.75, 3.05) is 0 Å². The molecule has 1 aliphatic rings. The van der Waals surface area contributed by atoms with Gasteiger partial charge in [-0.15, -0.1) is 0 Å². The van der Waals surface area contributed by atoms with E-state index >= 15 is 0 Å². The van der Waals surface area contributed by atoms with Gasteiger partial charge in [-0.3, -0.25) is 0 Å². The number of carboxylic acids is 1. The van der Waals surface area contributed by atoms with Crippen molar-refractivity contribution in [1.29, 1.82) is 0 Å². The third-order valence-electron chi connectivity index (χ3n) is 4.10. The van der Waals surface area contributed by atoms with Gasteiger partial charge in [0.25, 0.3) is 0 Å². The first-order valence-corrected chi connectivity index (χ1v) is 6.65. The standard InChI is InChI=1S/C14H22O4/c1-3-14(4-2)10-6-5-7-11(14)18-13(17)9-8-12(15)16/h8-9,11H,3-7,10H2,1-2H3,(H,15,16). The third-order valence-corrected chi connectivity index (χ3v) is 4.10. The first-order chi connectivity index (χ1) is 8.54. The average molecular weight is 254 g/mol.